The van der Waals surface area contributed by atoms with Crippen LogP contribution in [0.5, 0.6) is 0 Å². The Morgan fingerprint density at radius 2 is 1.79 bits per heavy atom. The van der Waals surface area contributed by atoms with Crippen LogP contribution in [-0.2, 0) is 19.5 Å². The molecule has 0 saturated carbocycles. The van der Waals surface area contributed by atoms with Gasteiger partial charge in [0.15, 0.2) is 0 Å². The van der Waals surface area contributed by atoms with Crippen LogP contribution in [0, 0.1) is 11.8 Å². The second-order valence-electron chi connectivity index (χ2n) is 8.16. The van der Waals surface area contributed by atoms with Crippen molar-refractivity contribution in [2.45, 2.75) is 59.0 Å². The summed E-state index contributed by atoms with van der Waals surface area (Å²) < 4.78 is 3.26. The van der Waals surface area contributed by atoms with Crippen LogP contribution in [0.3, 0.4) is 0 Å². The summed E-state index contributed by atoms with van der Waals surface area (Å²) in [7, 11) is 0. The van der Waals surface area contributed by atoms with Crippen molar-refractivity contribution in [1.29, 1.82) is 0 Å². The fraction of sp³-hybridized carbons (Fsp3) is 0.346. The van der Waals surface area contributed by atoms with Crippen LogP contribution in [0.2, 0.25) is 0 Å². The molecule has 0 aliphatic heterocycles. The Labute approximate surface area is 199 Å². The summed E-state index contributed by atoms with van der Waals surface area (Å²) in [5, 5.41) is 19.0. The average molecular weight is 456 g/mol. The zero-order valence-corrected chi connectivity index (χ0v) is 19.7. The quantitative estimate of drug-likeness (QED) is 0.287. The molecule has 0 aliphatic carbocycles. The maximum Gasteiger partial charge on any atom is 0.347 e. The third-order valence-electron chi connectivity index (χ3n) is 5.78. The highest BCUT2D eigenvalue weighted by atomic mass is 16.2. The molecule has 0 spiro atoms. The van der Waals surface area contributed by atoms with Gasteiger partial charge >= 0.3 is 5.69 Å². The van der Waals surface area contributed by atoms with Crippen LogP contribution in [-0.4, -0.2) is 35.0 Å². The van der Waals surface area contributed by atoms with Crippen LogP contribution < -0.4 is 5.69 Å². The van der Waals surface area contributed by atoms with E-state index in [-0.39, 0.29) is 5.69 Å². The summed E-state index contributed by atoms with van der Waals surface area (Å²) in [5.74, 6) is 7.17. The molecule has 2 aromatic carbocycles. The number of rotatable bonds is 10. The molecule has 0 atom stereocenters. The molecule has 0 radical (unpaired) electrons. The van der Waals surface area contributed by atoms with Gasteiger partial charge in [0.2, 0.25) is 5.82 Å². The van der Waals surface area contributed by atoms with Gasteiger partial charge in [-0.3, -0.25) is 4.57 Å². The number of H-pyrrole nitrogens is 1. The van der Waals surface area contributed by atoms with Crippen molar-refractivity contribution in [1.82, 2.24) is 35.0 Å². The molecule has 4 aromatic rings. The van der Waals surface area contributed by atoms with Crippen LogP contribution in [0.15, 0.2) is 53.3 Å². The molecule has 174 valence electrons. The number of benzene rings is 2. The monoisotopic (exact) mass is 455 g/mol. The molecule has 4 rings (SSSR count). The molecule has 0 fully saturated rings. The fourth-order valence-corrected chi connectivity index (χ4v) is 3.97. The van der Waals surface area contributed by atoms with Crippen LogP contribution >= 0.6 is 0 Å². The van der Waals surface area contributed by atoms with Gasteiger partial charge in [0.05, 0.1) is 6.54 Å². The maximum absolute atomic E-state index is 13.0. The van der Waals surface area contributed by atoms with Crippen molar-refractivity contribution in [2.75, 3.05) is 0 Å². The highest BCUT2D eigenvalue weighted by molar-refractivity contribution is 5.80. The summed E-state index contributed by atoms with van der Waals surface area (Å²) >= 11 is 0. The number of hydrogen-bond donors (Lipinski definition) is 1. The summed E-state index contributed by atoms with van der Waals surface area (Å²) in [4.78, 5) is 13.0. The molecule has 0 amide bonds. The number of nitrogens with one attached hydrogen (secondary N) is 1. The minimum absolute atomic E-state index is 0.111. The first kappa shape index (κ1) is 23.2. The van der Waals surface area contributed by atoms with Gasteiger partial charge < -0.3 is 0 Å². The van der Waals surface area contributed by atoms with Crippen molar-refractivity contribution >= 4 is 0 Å². The summed E-state index contributed by atoms with van der Waals surface area (Å²) in [6.07, 6.45) is 5.32. The van der Waals surface area contributed by atoms with Gasteiger partial charge in [-0.1, -0.05) is 80.6 Å². The molecule has 34 heavy (non-hydrogen) atoms. The number of tetrazole rings is 1. The fourth-order valence-electron chi connectivity index (χ4n) is 3.97. The predicted octanol–water partition coefficient (Wildman–Crippen LogP) is 4.09. The summed E-state index contributed by atoms with van der Waals surface area (Å²) in [6, 6.07) is 16.2. The van der Waals surface area contributed by atoms with Gasteiger partial charge in [-0.25, -0.2) is 9.48 Å². The highest BCUT2D eigenvalue weighted by Crippen LogP contribution is 2.29. The minimum atomic E-state index is -0.111. The lowest BCUT2D eigenvalue weighted by Gasteiger charge is -2.09. The lowest BCUT2D eigenvalue weighted by atomic mass is 9.98. The Balaban J connectivity index is 1.58. The van der Waals surface area contributed by atoms with E-state index in [0.717, 1.165) is 47.3 Å². The normalized spacial score (nSPS) is 10.8. The van der Waals surface area contributed by atoms with Crippen molar-refractivity contribution in [3.8, 4) is 34.4 Å². The predicted molar refractivity (Wildman–Crippen MR) is 132 cm³/mol. The van der Waals surface area contributed by atoms with E-state index in [1.165, 1.54) is 17.5 Å². The Morgan fingerprint density at radius 1 is 1.00 bits per heavy atom. The van der Waals surface area contributed by atoms with Gasteiger partial charge in [-0.05, 0) is 35.2 Å². The first-order valence-corrected chi connectivity index (χ1v) is 11.7. The lowest BCUT2D eigenvalue weighted by Crippen LogP contribution is -2.25. The zero-order valence-electron chi connectivity index (χ0n) is 19.7. The second-order valence-corrected chi connectivity index (χ2v) is 8.16. The van der Waals surface area contributed by atoms with E-state index in [0.29, 0.717) is 18.9 Å². The Bertz CT molecular complexity index is 1320. The zero-order chi connectivity index (χ0) is 23.8. The minimum Gasteiger partial charge on any atom is -0.274 e. The van der Waals surface area contributed by atoms with Gasteiger partial charge in [0.25, 0.3) is 0 Å². The number of aromatic amines is 1. The van der Waals surface area contributed by atoms with Crippen LogP contribution in [0.25, 0.3) is 22.5 Å². The second kappa shape index (κ2) is 11.2. The van der Waals surface area contributed by atoms with Crippen molar-refractivity contribution in [3.05, 3.63) is 70.4 Å². The number of aryl methyl sites for hydroxylation is 1. The van der Waals surface area contributed by atoms with E-state index in [2.05, 4.69) is 68.8 Å². The Morgan fingerprint density at radius 3 is 2.50 bits per heavy atom. The van der Waals surface area contributed by atoms with E-state index in [4.69, 9.17) is 0 Å². The number of nitrogens with zero attached hydrogens (tertiary/aromatic N) is 6. The van der Waals surface area contributed by atoms with Gasteiger partial charge in [0, 0.05) is 12.0 Å². The van der Waals surface area contributed by atoms with Gasteiger partial charge in [0.1, 0.15) is 12.4 Å². The highest BCUT2D eigenvalue weighted by Gasteiger charge is 2.14. The third kappa shape index (κ3) is 5.31. The standard InChI is InChI=1S/C26H29N7O/c1-3-5-7-8-13-24-29-33(18-6-4-2)26(34)32(24)19-20-14-16-21(17-15-20)22-11-9-10-12-23(22)25-27-30-31-28-25/h9-12,14-17H,3,5,7-8,13,18-19H2,1-2H3,(H,27,28,30,31). The molecule has 8 nitrogen and oxygen atoms in total. The van der Waals surface area contributed by atoms with Crippen LogP contribution in [0.4, 0.5) is 0 Å². The molecule has 0 saturated heterocycles. The Kier molecular flexibility index (Phi) is 7.66. The van der Waals surface area contributed by atoms with E-state index < -0.39 is 0 Å². The summed E-state index contributed by atoms with van der Waals surface area (Å²) in [6.45, 7) is 4.76. The molecule has 8 heteroatoms. The number of aromatic nitrogens is 7. The van der Waals surface area contributed by atoms with E-state index >= 15 is 0 Å². The molecule has 0 aliphatic rings. The van der Waals surface area contributed by atoms with Crippen LogP contribution in [0.1, 0.15) is 50.9 Å². The van der Waals surface area contributed by atoms with Gasteiger partial charge in [-0.15, -0.1) is 16.1 Å². The average Bonchev–Trinajstić information content (AvgIpc) is 3.50. The number of unbranched alkanes of at least 4 members (excludes halogenated alkanes) is 3. The van der Waals surface area contributed by atoms with Crippen molar-refractivity contribution in [3.63, 3.8) is 0 Å². The lowest BCUT2D eigenvalue weighted by molar-refractivity contribution is 0.621. The van der Waals surface area contributed by atoms with Crippen molar-refractivity contribution in [2.24, 2.45) is 0 Å². The van der Waals surface area contributed by atoms with Gasteiger partial charge in [-0.2, -0.15) is 10.3 Å². The first-order valence-electron chi connectivity index (χ1n) is 11.7. The molecule has 1 N–H and O–H groups in total. The third-order valence-corrected chi connectivity index (χ3v) is 5.78. The molecule has 2 heterocycles. The van der Waals surface area contributed by atoms with E-state index in [1.807, 2.05) is 24.3 Å². The molecule has 0 bridgehead atoms. The molecule has 2 aromatic heterocycles. The first-order chi connectivity index (χ1) is 16.7. The number of hydrogen-bond acceptors (Lipinski definition) is 5. The van der Waals surface area contributed by atoms with E-state index in [1.54, 1.807) is 11.5 Å². The largest absolute Gasteiger partial charge is 0.347 e. The molecular weight excluding hydrogens is 426 g/mol. The maximum atomic E-state index is 13.0. The molecule has 0 unspecified atom stereocenters. The topological polar surface area (TPSA) is 94.3 Å². The van der Waals surface area contributed by atoms with Crippen molar-refractivity contribution < 1.29 is 0 Å². The molecular formula is C26H29N7O. The Hall–Kier alpha value is -3.99. The SMILES string of the molecule is CC#CCn1nc(CCCCCC)n(Cc2ccc(-c3ccccc3-c3nn[nH]n3)cc2)c1=O. The summed E-state index contributed by atoms with van der Waals surface area (Å²) in [5.41, 5.74) is 3.91. The smallest absolute Gasteiger partial charge is 0.274 e. The van der Waals surface area contributed by atoms with E-state index in [9.17, 15) is 4.79 Å².